The first-order chi connectivity index (χ1) is 21.3. The van der Waals surface area contributed by atoms with Crippen molar-refractivity contribution < 1.29 is 124 Å². The first-order valence-electron chi connectivity index (χ1n) is 11.8. The molecule has 1 nitrogen and oxygen atoms in total. The molecule has 50 heavy (non-hydrogen) atoms. The molecule has 0 N–H and O–H groups in total. The van der Waals surface area contributed by atoms with Crippen LogP contribution < -0.4 is 0 Å². The third-order valence-corrected chi connectivity index (χ3v) is 6.54. The lowest BCUT2D eigenvalue weighted by Crippen LogP contribution is -2.61. The van der Waals surface area contributed by atoms with Crippen LogP contribution in [-0.4, -0.2) is 54.1 Å². The predicted molar refractivity (Wildman–Crippen MR) is 104 cm³/mol. The molecule has 0 heterocycles. The minimum Gasteiger partial charge on any atom is -0.228 e. The molecule has 0 fully saturated rings. The van der Waals surface area contributed by atoms with E-state index in [-0.39, 0.29) is 13.8 Å². The highest BCUT2D eigenvalue weighted by atomic mass is 19.4. The van der Waals surface area contributed by atoms with Crippen LogP contribution in [0.15, 0.2) is 12.1 Å². The molecule has 0 aromatic heterocycles. The summed E-state index contributed by atoms with van der Waals surface area (Å²) >= 11 is 0. The van der Waals surface area contributed by atoms with Gasteiger partial charge in [0.15, 0.2) is 0 Å². The van der Waals surface area contributed by atoms with Crippen molar-refractivity contribution in [3.63, 3.8) is 0 Å². The highest BCUT2D eigenvalue weighted by molar-refractivity contribution is 5.49. The minimum atomic E-state index is -8.47. The second kappa shape index (κ2) is 11.9. The standard InChI is InChI=1S/C22H10F27O/c1-5(2)10(50)9-7(12(25,26)15(31,32)18(37,38)21(44,45)46)3-6(11(23,24)14(29,30)17(35,36)20(41,42)43)4-8(9)13(27,28)16(33,34)19(39,40)22(47,48)49/h3-5,10H,1-2H3. The van der Waals surface area contributed by atoms with E-state index in [1.54, 1.807) is 0 Å². The van der Waals surface area contributed by atoms with Crippen LogP contribution in [0.1, 0.15) is 42.2 Å². The zero-order valence-corrected chi connectivity index (χ0v) is 22.9. The van der Waals surface area contributed by atoms with Crippen LogP contribution in [0.25, 0.3) is 0 Å². The maximum absolute atomic E-state index is 15.0. The smallest absolute Gasteiger partial charge is 0.228 e. The summed E-state index contributed by atoms with van der Waals surface area (Å²) in [5, 5.41) is 12.6. The summed E-state index contributed by atoms with van der Waals surface area (Å²) in [5.74, 6) is -77.1. The van der Waals surface area contributed by atoms with E-state index in [9.17, 15) is 106 Å². The molecule has 0 spiro atoms. The lowest BCUT2D eigenvalue weighted by atomic mass is 9.79. The van der Waals surface area contributed by atoms with Crippen LogP contribution in [0.5, 0.6) is 0 Å². The van der Waals surface area contributed by atoms with Gasteiger partial charge in [0.25, 0.3) is 0 Å². The van der Waals surface area contributed by atoms with Crippen LogP contribution >= 0.6 is 0 Å². The second-order valence-electron chi connectivity index (χ2n) is 10.3. The molecule has 0 aliphatic heterocycles. The van der Waals surface area contributed by atoms with Crippen molar-refractivity contribution in [1.29, 1.82) is 0 Å². The van der Waals surface area contributed by atoms with Gasteiger partial charge in [-0.3, -0.25) is 0 Å². The molecule has 1 radical (unpaired) electrons. The van der Waals surface area contributed by atoms with E-state index < -0.39 is 118 Å². The molecular formula is C22H10F27O. The van der Waals surface area contributed by atoms with Gasteiger partial charge in [-0.05, 0) is 18.1 Å². The molecule has 1 unspecified atom stereocenters. The third-order valence-electron chi connectivity index (χ3n) is 6.54. The Labute approximate surface area is 257 Å². The molecule has 1 aromatic rings. The van der Waals surface area contributed by atoms with Crippen LogP contribution in [0.3, 0.4) is 0 Å². The fraction of sp³-hybridized carbons (Fsp3) is 0.727. The zero-order chi connectivity index (χ0) is 40.9. The van der Waals surface area contributed by atoms with Gasteiger partial charge in [-0.25, -0.2) is 5.11 Å². The average molecular weight is 803 g/mol. The Kier molecular flexibility index (Phi) is 10.8. The molecule has 1 atom stereocenters. The van der Waals surface area contributed by atoms with Crippen molar-refractivity contribution in [3.8, 4) is 0 Å². The Morgan fingerprint density at radius 1 is 0.380 bits per heavy atom. The van der Waals surface area contributed by atoms with Gasteiger partial charge < -0.3 is 0 Å². The Balaban J connectivity index is 4.91. The fourth-order valence-electron chi connectivity index (χ4n) is 3.64. The molecule has 0 saturated heterocycles. The van der Waals surface area contributed by atoms with Gasteiger partial charge in [0.05, 0.1) is 0 Å². The summed E-state index contributed by atoms with van der Waals surface area (Å²) in [6, 6.07) is -4.63. The van der Waals surface area contributed by atoms with E-state index in [2.05, 4.69) is 0 Å². The van der Waals surface area contributed by atoms with Crippen LogP contribution in [0.2, 0.25) is 0 Å². The monoisotopic (exact) mass is 803 g/mol. The molecular weight excluding hydrogens is 793 g/mol. The van der Waals surface area contributed by atoms with Crippen molar-refractivity contribution in [2.45, 2.75) is 91.8 Å². The van der Waals surface area contributed by atoms with E-state index in [1.807, 2.05) is 0 Å². The SMILES string of the molecule is CC(C)C([O])c1c(C(F)(F)C(F)(F)C(F)(F)C(F)(F)F)cc(C(F)(F)C(F)(F)C(F)(F)C(F)(F)F)cc1C(F)(F)C(F)(F)C(F)(F)C(F)(F)F. The quantitative estimate of drug-likeness (QED) is 0.199. The normalized spacial score (nSPS) is 16.7. The lowest BCUT2D eigenvalue weighted by Gasteiger charge is -2.39. The maximum atomic E-state index is 15.0. The van der Waals surface area contributed by atoms with Gasteiger partial charge in [-0.1, -0.05) is 13.8 Å². The highest BCUT2D eigenvalue weighted by Crippen LogP contribution is 2.63. The van der Waals surface area contributed by atoms with E-state index in [0.29, 0.717) is 0 Å². The summed E-state index contributed by atoms with van der Waals surface area (Å²) in [5.41, 5.74) is -17.1. The summed E-state index contributed by atoms with van der Waals surface area (Å²) < 4.78 is 370. The average Bonchev–Trinajstić information content (AvgIpc) is 2.89. The van der Waals surface area contributed by atoms with Crippen molar-refractivity contribution in [2.75, 3.05) is 0 Å². The maximum Gasteiger partial charge on any atom is 0.460 e. The Morgan fingerprint density at radius 2 is 0.600 bits per heavy atom. The van der Waals surface area contributed by atoms with Crippen LogP contribution in [0.4, 0.5) is 119 Å². The first kappa shape index (κ1) is 45.3. The summed E-state index contributed by atoms with van der Waals surface area (Å²) in [7, 11) is 0. The number of benzene rings is 1. The second-order valence-corrected chi connectivity index (χ2v) is 10.3. The Morgan fingerprint density at radius 3 is 0.800 bits per heavy atom. The molecule has 0 amide bonds. The van der Waals surface area contributed by atoms with Gasteiger partial charge >= 0.3 is 71.8 Å². The van der Waals surface area contributed by atoms with Crippen molar-refractivity contribution in [1.82, 2.24) is 0 Å². The highest BCUT2D eigenvalue weighted by Gasteiger charge is 2.86. The third kappa shape index (κ3) is 6.14. The molecule has 0 aliphatic carbocycles. The van der Waals surface area contributed by atoms with E-state index in [1.165, 1.54) is 0 Å². The van der Waals surface area contributed by atoms with Crippen molar-refractivity contribution >= 4 is 0 Å². The van der Waals surface area contributed by atoms with Gasteiger partial charge in [-0.15, -0.1) is 0 Å². The molecule has 0 aliphatic rings. The lowest BCUT2D eigenvalue weighted by molar-refractivity contribution is -0.402. The van der Waals surface area contributed by atoms with Crippen molar-refractivity contribution in [3.05, 3.63) is 34.4 Å². The summed E-state index contributed by atoms with van der Waals surface area (Å²) in [6.45, 7) is 0.236. The Hall–Kier alpha value is -2.71. The van der Waals surface area contributed by atoms with Gasteiger partial charge in [0.1, 0.15) is 6.10 Å². The topological polar surface area (TPSA) is 19.9 Å². The number of hydrogen-bond acceptors (Lipinski definition) is 0. The zero-order valence-electron chi connectivity index (χ0n) is 22.9. The van der Waals surface area contributed by atoms with Crippen LogP contribution in [-0.2, 0) is 22.9 Å². The molecule has 293 valence electrons. The van der Waals surface area contributed by atoms with Gasteiger partial charge in [0, 0.05) is 22.3 Å². The van der Waals surface area contributed by atoms with E-state index in [4.69, 9.17) is 0 Å². The molecule has 0 bridgehead atoms. The van der Waals surface area contributed by atoms with Crippen molar-refractivity contribution in [2.24, 2.45) is 5.92 Å². The molecule has 0 saturated carbocycles. The first-order valence-corrected chi connectivity index (χ1v) is 11.8. The number of halogens is 27. The largest absolute Gasteiger partial charge is 0.460 e. The predicted octanol–water partition coefficient (Wildman–Crippen LogP) is 11.6. The number of rotatable bonds is 11. The summed E-state index contributed by atoms with van der Waals surface area (Å²) in [6.07, 6.45) is -28.2. The van der Waals surface area contributed by atoms with Gasteiger partial charge in [0.2, 0.25) is 0 Å². The number of hydrogen-bond donors (Lipinski definition) is 0. The molecule has 28 heteroatoms. The number of alkyl halides is 27. The fourth-order valence-corrected chi connectivity index (χ4v) is 3.64. The van der Waals surface area contributed by atoms with E-state index >= 15 is 17.6 Å². The summed E-state index contributed by atoms with van der Waals surface area (Å²) in [4.78, 5) is 0. The van der Waals surface area contributed by atoms with Gasteiger partial charge in [-0.2, -0.15) is 119 Å². The minimum absolute atomic E-state index is 0.118. The molecule has 1 aromatic carbocycles. The Bertz CT molecular complexity index is 1320. The molecule has 1 rings (SSSR count). The van der Waals surface area contributed by atoms with E-state index in [0.717, 1.165) is 0 Å². The van der Waals surface area contributed by atoms with Crippen LogP contribution in [0, 0.1) is 5.92 Å².